The summed E-state index contributed by atoms with van der Waals surface area (Å²) >= 11 is 1.67. The van der Waals surface area contributed by atoms with Gasteiger partial charge in [0.2, 0.25) is 0 Å². The van der Waals surface area contributed by atoms with Crippen molar-refractivity contribution in [3.05, 3.63) is 47.5 Å². The van der Waals surface area contributed by atoms with Crippen molar-refractivity contribution in [3.8, 4) is 27.7 Å². The first-order valence-electron chi connectivity index (χ1n) is 7.98. The van der Waals surface area contributed by atoms with Crippen molar-refractivity contribution in [1.29, 1.82) is 0 Å². The minimum absolute atomic E-state index is 0.183. The number of rotatable bonds is 2. The molecule has 0 radical (unpaired) electrons. The predicted molar refractivity (Wildman–Crippen MR) is 98.7 cm³/mol. The van der Waals surface area contributed by atoms with Gasteiger partial charge in [0.15, 0.2) is 0 Å². The van der Waals surface area contributed by atoms with Gasteiger partial charge in [-0.3, -0.25) is 4.98 Å². The minimum atomic E-state index is -0.183. The maximum atomic E-state index is 6.02. The number of ether oxygens (including phenoxy) is 1. The molecule has 0 spiro atoms. The highest BCUT2D eigenvalue weighted by atomic mass is 32.1. The van der Waals surface area contributed by atoms with E-state index in [0.29, 0.717) is 0 Å². The fourth-order valence-corrected chi connectivity index (χ4v) is 3.72. The number of fused-ring (bicyclic) bond motifs is 1. The van der Waals surface area contributed by atoms with E-state index in [9.17, 15) is 0 Å². The number of pyridine rings is 1. The first-order valence-corrected chi connectivity index (χ1v) is 8.80. The molecule has 122 valence electrons. The summed E-state index contributed by atoms with van der Waals surface area (Å²) in [6.45, 7) is 7.06. The number of benzene rings is 1. The van der Waals surface area contributed by atoms with E-state index in [1.807, 2.05) is 24.3 Å². The average molecular weight is 337 g/mol. The quantitative estimate of drug-likeness (QED) is 0.732. The molecule has 24 heavy (non-hydrogen) atoms. The molecular weight excluding hydrogens is 318 g/mol. The monoisotopic (exact) mass is 337 g/mol. The van der Waals surface area contributed by atoms with Crippen LogP contribution in [-0.2, 0) is 0 Å². The molecular formula is C19H19N3OS. The van der Waals surface area contributed by atoms with Crippen LogP contribution in [0.1, 0.15) is 18.7 Å². The highest BCUT2D eigenvalue weighted by Crippen LogP contribution is 2.38. The molecule has 1 aliphatic heterocycles. The van der Waals surface area contributed by atoms with E-state index in [-0.39, 0.29) is 5.60 Å². The Morgan fingerprint density at radius 2 is 2.08 bits per heavy atom. The number of thiazole rings is 1. The molecule has 4 nitrogen and oxygen atoms in total. The van der Waals surface area contributed by atoms with E-state index in [0.717, 1.165) is 39.9 Å². The lowest BCUT2D eigenvalue weighted by Gasteiger charge is -2.33. The summed E-state index contributed by atoms with van der Waals surface area (Å²) in [5.74, 6) is 0.896. The van der Waals surface area contributed by atoms with Crippen molar-refractivity contribution in [2.24, 2.45) is 0 Å². The van der Waals surface area contributed by atoms with Crippen molar-refractivity contribution in [2.75, 3.05) is 11.9 Å². The zero-order valence-corrected chi connectivity index (χ0v) is 14.8. The maximum Gasteiger partial charge on any atom is 0.143 e. The van der Waals surface area contributed by atoms with Gasteiger partial charge in [-0.05, 0) is 51.1 Å². The van der Waals surface area contributed by atoms with Crippen LogP contribution in [0.15, 0.2) is 42.6 Å². The SMILES string of the molecule is Cc1sc(-c2ccccn2)nc1-c1ccc2c(c1)NCC(C)(C)O2. The third-order valence-corrected chi connectivity index (χ3v) is 5.02. The Labute approximate surface area is 145 Å². The largest absolute Gasteiger partial charge is 0.484 e. The Bertz CT molecular complexity index is 887. The maximum absolute atomic E-state index is 6.02. The smallest absolute Gasteiger partial charge is 0.143 e. The third kappa shape index (κ3) is 2.76. The number of anilines is 1. The molecule has 0 aliphatic carbocycles. The fourth-order valence-electron chi connectivity index (χ4n) is 2.81. The standard InChI is InChI=1S/C19H19N3OS/c1-12-17(22-18(24-12)14-6-4-5-9-20-14)13-7-8-16-15(10-13)21-11-19(2,3)23-16/h4-10,21H,11H2,1-3H3. The summed E-state index contributed by atoms with van der Waals surface area (Å²) in [6, 6.07) is 12.1. The number of hydrogen-bond donors (Lipinski definition) is 1. The van der Waals surface area contributed by atoms with Crippen LogP contribution in [-0.4, -0.2) is 22.1 Å². The van der Waals surface area contributed by atoms with E-state index in [4.69, 9.17) is 9.72 Å². The molecule has 2 aromatic heterocycles. The van der Waals surface area contributed by atoms with Gasteiger partial charge in [0.25, 0.3) is 0 Å². The van der Waals surface area contributed by atoms with E-state index in [1.54, 1.807) is 17.5 Å². The molecule has 1 N–H and O–H groups in total. The zero-order chi connectivity index (χ0) is 16.7. The molecule has 1 aliphatic rings. The number of aromatic nitrogens is 2. The van der Waals surface area contributed by atoms with Gasteiger partial charge in [-0.2, -0.15) is 0 Å². The first-order chi connectivity index (χ1) is 11.5. The predicted octanol–water partition coefficient (Wildman–Crippen LogP) is 4.76. The van der Waals surface area contributed by atoms with Gasteiger partial charge in [0, 0.05) is 16.6 Å². The average Bonchev–Trinajstić information content (AvgIpc) is 2.96. The highest BCUT2D eigenvalue weighted by molar-refractivity contribution is 7.15. The van der Waals surface area contributed by atoms with E-state index in [2.05, 4.69) is 43.2 Å². The lowest BCUT2D eigenvalue weighted by Crippen LogP contribution is -2.39. The van der Waals surface area contributed by atoms with Gasteiger partial charge in [-0.25, -0.2) is 4.98 Å². The second-order valence-corrected chi connectivity index (χ2v) is 7.77. The molecule has 0 atom stereocenters. The molecule has 0 saturated heterocycles. The highest BCUT2D eigenvalue weighted by Gasteiger charge is 2.26. The van der Waals surface area contributed by atoms with Crippen molar-refractivity contribution in [1.82, 2.24) is 9.97 Å². The summed E-state index contributed by atoms with van der Waals surface area (Å²) in [5.41, 5.74) is 3.87. The Hall–Kier alpha value is -2.40. The van der Waals surface area contributed by atoms with Gasteiger partial charge in [0.05, 0.1) is 23.6 Å². The van der Waals surface area contributed by atoms with Crippen molar-refractivity contribution in [3.63, 3.8) is 0 Å². The van der Waals surface area contributed by atoms with Crippen molar-refractivity contribution >= 4 is 17.0 Å². The number of nitrogens with one attached hydrogen (secondary N) is 1. The van der Waals surface area contributed by atoms with Crippen LogP contribution in [0.4, 0.5) is 5.69 Å². The van der Waals surface area contributed by atoms with E-state index in [1.165, 1.54) is 4.88 Å². The third-order valence-electron chi connectivity index (χ3n) is 4.02. The fraction of sp³-hybridized carbons (Fsp3) is 0.263. The van der Waals surface area contributed by atoms with Crippen LogP contribution in [0.5, 0.6) is 5.75 Å². The van der Waals surface area contributed by atoms with Crippen LogP contribution >= 0.6 is 11.3 Å². The molecule has 0 unspecified atom stereocenters. The molecule has 3 heterocycles. The number of nitrogens with zero attached hydrogens (tertiary/aromatic N) is 2. The van der Waals surface area contributed by atoms with Crippen molar-refractivity contribution < 1.29 is 4.74 Å². The molecule has 0 amide bonds. The molecule has 3 aromatic rings. The summed E-state index contributed by atoms with van der Waals surface area (Å²) in [6.07, 6.45) is 1.80. The number of hydrogen-bond acceptors (Lipinski definition) is 5. The lowest BCUT2D eigenvalue weighted by molar-refractivity contribution is 0.116. The number of aryl methyl sites for hydroxylation is 1. The molecule has 0 saturated carbocycles. The summed E-state index contributed by atoms with van der Waals surface area (Å²) < 4.78 is 6.02. The van der Waals surface area contributed by atoms with Crippen LogP contribution in [0.2, 0.25) is 0 Å². The van der Waals surface area contributed by atoms with Crippen LogP contribution in [0, 0.1) is 6.92 Å². The Kier molecular flexibility index (Phi) is 3.53. The second-order valence-electron chi connectivity index (χ2n) is 6.57. The zero-order valence-electron chi connectivity index (χ0n) is 14.0. The van der Waals surface area contributed by atoms with Gasteiger partial charge < -0.3 is 10.1 Å². The first kappa shape index (κ1) is 15.1. The van der Waals surface area contributed by atoms with Gasteiger partial charge in [-0.15, -0.1) is 11.3 Å². The van der Waals surface area contributed by atoms with Crippen molar-refractivity contribution in [2.45, 2.75) is 26.4 Å². The minimum Gasteiger partial charge on any atom is -0.484 e. The van der Waals surface area contributed by atoms with Gasteiger partial charge in [0.1, 0.15) is 16.4 Å². The van der Waals surface area contributed by atoms with Crippen LogP contribution in [0.3, 0.4) is 0 Å². The topological polar surface area (TPSA) is 47.0 Å². The molecule has 4 rings (SSSR count). The lowest BCUT2D eigenvalue weighted by atomic mass is 10.0. The van der Waals surface area contributed by atoms with Crippen LogP contribution in [0.25, 0.3) is 22.0 Å². The summed E-state index contributed by atoms with van der Waals surface area (Å²) in [7, 11) is 0. The molecule has 5 heteroatoms. The van der Waals surface area contributed by atoms with Crippen LogP contribution < -0.4 is 10.1 Å². The Balaban J connectivity index is 1.71. The van der Waals surface area contributed by atoms with E-state index >= 15 is 0 Å². The second kappa shape index (κ2) is 5.60. The normalized spacial score (nSPS) is 15.3. The van der Waals surface area contributed by atoms with Gasteiger partial charge in [-0.1, -0.05) is 6.07 Å². The summed E-state index contributed by atoms with van der Waals surface area (Å²) in [4.78, 5) is 10.4. The molecule has 0 fully saturated rings. The molecule has 0 bridgehead atoms. The molecule has 1 aromatic carbocycles. The van der Waals surface area contributed by atoms with Gasteiger partial charge >= 0.3 is 0 Å². The Morgan fingerprint density at radius 1 is 1.21 bits per heavy atom. The van der Waals surface area contributed by atoms with E-state index < -0.39 is 0 Å². The summed E-state index contributed by atoms with van der Waals surface area (Å²) in [5, 5.41) is 4.41. The Morgan fingerprint density at radius 3 is 2.88 bits per heavy atom.